The van der Waals surface area contributed by atoms with Gasteiger partial charge < -0.3 is 4.42 Å². The molecule has 0 fully saturated rings. The van der Waals surface area contributed by atoms with Gasteiger partial charge in [-0.1, -0.05) is 182 Å². The fourth-order valence-electron chi connectivity index (χ4n) is 8.48. The van der Waals surface area contributed by atoms with Crippen molar-refractivity contribution in [2.75, 3.05) is 0 Å². The Morgan fingerprint density at radius 3 is 1.27 bits per heavy atom. The van der Waals surface area contributed by atoms with Gasteiger partial charge in [0.15, 0.2) is 17.5 Å². The predicted molar refractivity (Wildman–Crippen MR) is 256 cm³/mol. The number of aromatic nitrogens is 5. The zero-order valence-electron chi connectivity index (χ0n) is 33.9. The number of furan rings is 1. The average Bonchev–Trinajstić information content (AvgIpc) is 3.74. The SMILES string of the molecule is c1ccc(-c2ccc(-c3nc(-c4ccccc4)nc(-c4ccc(-c5cccc(-c6ccc(-c7ccc8c(ccc9oc%10nc%11ccccc%11nc%10c98)c7)cc6)c5)cc4)n3)cc2)cc1. The molecule has 0 bridgehead atoms. The van der Waals surface area contributed by atoms with Crippen molar-refractivity contribution in [1.82, 2.24) is 24.9 Å². The first-order valence-corrected chi connectivity index (χ1v) is 21.0. The number of benzene rings is 9. The second kappa shape index (κ2) is 15.1. The third kappa shape index (κ3) is 6.76. The highest BCUT2D eigenvalue weighted by Crippen LogP contribution is 2.37. The molecule has 63 heavy (non-hydrogen) atoms. The van der Waals surface area contributed by atoms with Gasteiger partial charge in [0.05, 0.1) is 16.4 Å². The van der Waals surface area contributed by atoms with Crippen LogP contribution in [0.5, 0.6) is 0 Å². The van der Waals surface area contributed by atoms with Crippen molar-refractivity contribution in [3.63, 3.8) is 0 Å². The molecule has 3 aromatic heterocycles. The van der Waals surface area contributed by atoms with E-state index in [1.807, 2.05) is 66.7 Å². The van der Waals surface area contributed by atoms with Gasteiger partial charge in [0.2, 0.25) is 5.71 Å². The van der Waals surface area contributed by atoms with Gasteiger partial charge in [0.1, 0.15) is 11.1 Å². The molecule has 0 saturated carbocycles. The minimum atomic E-state index is 0.560. The van der Waals surface area contributed by atoms with Crippen molar-refractivity contribution < 1.29 is 4.42 Å². The lowest BCUT2D eigenvalue weighted by Crippen LogP contribution is -2.00. The van der Waals surface area contributed by atoms with E-state index < -0.39 is 0 Å². The van der Waals surface area contributed by atoms with Gasteiger partial charge in [0, 0.05) is 16.7 Å². The Labute approximate surface area is 362 Å². The van der Waals surface area contributed by atoms with Crippen LogP contribution >= 0.6 is 0 Å². The van der Waals surface area contributed by atoms with Gasteiger partial charge in [-0.3, -0.25) is 0 Å². The highest BCUT2D eigenvalue weighted by atomic mass is 16.3. The van der Waals surface area contributed by atoms with E-state index in [1.54, 1.807) is 0 Å². The fourth-order valence-corrected chi connectivity index (χ4v) is 8.48. The van der Waals surface area contributed by atoms with Crippen LogP contribution in [0.4, 0.5) is 0 Å². The molecule has 3 heterocycles. The van der Waals surface area contributed by atoms with Crippen molar-refractivity contribution >= 4 is 44.0 Å². The largest absolute Gasteiger partial charge is 0.436 e. The lowest BCUT2D eigenvalue weighted by Gasteiger charge is -2.10. The first kappa shape index (κ1) is 36.3. The molecule has 0 saturated heterocycles. The first-order valence-electron chi connectivity index (χ1n) is 21.0. The molecule has 294 valence electrons. The van der Waals surface area contributed by atoms with E-state index in [0.29, 0.717) is 23.2 Å². The summed E-state index contributed by atoms with van der Waals surface area (Å²) in [6.45, 7) is 0. The molecule has 0 spiro atoms. The van der Waals surface area contributed by atoms with E-state index in [4.69, 9.17) is 29.3 Å². The normalized spacial score (nSPS) is 11.5. The maximum absolute atomic E-state index is 6.17. The average molecular weight is 806 g/mol. The van der Waals surface area contributed by atoms with Gasteiger partial charge >= 0.3 is 0 Å². The molecule has 12 aromatic rings. The number of para-hydroxylation sites is 2. The summed E-state index contributed by atoms with van der Waals surface area (Å²) >= 11 is 0. The van der Waals surface area contributed by atoms with E-state index >= 15 is 0 Å². The number of hydrogen-bond acceptors (Lipinski definition) is 6. The Morgan fingerprint density at radius 2 is 0.698 bits per heavy atom. The van der Waals surface area contributed by atoms with Crippen LogP contribution in [-0.2, 0) is 0 Å². The second-order valence-corrected chi connectivity index (χ2v) is 15.7. The molecule has 6 nitrogen and oxygen atoms in total. The van der Waals surface area contributed by atoms with Gasteiger partial charge in [-0.25, -0.2) is 24.9 Å². The summed E-state index contributed by atoms with van der Waals surface area (Å²) < 4.78 is 6.17. The lowest BCUT2D eigenvalue weighted by atomic mass is 9.95. The van der Waals surface area contributed by atoms with Crippen LogP contribution in [0.2, 0.25) is 0 Å². The van der Waals surface area contributed by atoms with Crippen LogP contribution in [0.1, 0.15) is 0 Å². The summed E-state index contributed by atoms with van der Waals surface area (Å²) in [5.41, 5.74) is 15.8. The molecule has 0 aliphatic rings. The monoisotopic (exact) mass is 805 g/mol. The van der Waals surface area contributed by atoms with E-state index in [9.17, 15) is 0 Å². The molecule has 0 atom stereocenters. The molecule has 12 rings (SSSR count). The molecule has 0 amide bonds. The van der Waals surface area contributed by atoms with Crippen molar-refractivity contribution in [3.05, 3.63) is 212 Å². The third-order valence-corrected chi connectivity index (χ3v) is 11.8. The summed E-state index contributed by atoms with van der Waals surface area (Å²) in [5, 5.41) is 3.22. The van der Waals surface area contributed by atoms with Gasteiger partial charge in [-0.05, 0) is 85.6 Å². The van der Waals surface area contributed by atoms with Crippen molar-refractivity contribution in [1.29, 1.82) is 0 Å². The fraction of sp³-hybridized carbons (Fsp3) is 0. The molecule has 6 heteroatoms. The van der Waals surface area contributed by atoms with Crippen LogP contribution in [0, 0.1) is 0 Å². The van der Waals surface area contributed by atoms with Crippen LogP contribution < -0.4 is 0 Å². The Bertz CT molecular complexity index is 3640. The molecule has 0 radical (unpaired) electrons. The molecular formula is C57H35N5O. The van der Waals surface area contributed by atoms with Crippen molar-refractivity contribution in [2.24, 2.45) is 0 Å². The number of hydrogen-bond donors (Lipinski definition) is 0. The maximum Gasteiger partial charge on any atom is 0.246 e. The summed E-state index contributed by atoms with van der Waals surface area (Å²) in [6.07, 6.45) is 0. The summed E-state index contributed by atoms with van der Waals surface area (Å²) in [7, 11) is 0. The molecule has 0 unspecified atom stereocenters. The zero-order chi connectivity index (χ0) is 41.7. The Balaban J connectivity index is 0.817. The van der Waals surface area contributed by atoms with Gasteiger partial charge in [0.25, 0.3) is 0 Å². The summed E-state index contributed by atoms with van der Waals surface area (Å²) in [6, 6.07) is 73.5. The van der Waals surface area contributed by atoms with Gasteiger partial charge in [-0.15, -0.1) is 0 Å². The lowest BCUT2D eigenvalue weighted by molar-refractivity contribution is 0.655. The predicted octanol–water partition coefficient (Wildman–Crippen LogP) is 14.5. The van der Waals surface area contributed by atoms with Crippen molar-refractivity contribution in [3.8, 4) is 78.7 Å². The summed E-state index contributed by atoms with van der Waals surface area (Å²) in [5.74, 6) is 1.90. The number of nitrogens with zero attached hydrogens (tertiary/aromatic N) is 5. The minimum absolute atomic E-state index is 0.560. The Morgan fingerprint density at radius 1 is 0.286 bits per heavy atom. The molecular weight excluding hydrogens is 771 g/mol. The number of rotatable bonds is 7. The topological polar surface area (TPSA) is 77.6 Å². The smallest absolute Gasteiger partial charge is 0.246 e. The molecule has 0 aliphatic heterocycles. The maximum atomic E-state index is 6.17. The zero-order valence-corrected chi connectivity index (χ0v) is 33.9. The molecule has 0 aliphatic carbocycles. The van der Waals surface area contributed by atoms with Gasteiger partial charge in [-0.2, -0.15) is 0 Å². The molecule has 9 aromatic carbocycles. The Kier molecular flexibility index (Phi) is 8.71. The van der Waals surface area contributed by atoms with E-state index in [-0.39, 0.29) is 0 Å². The molecule has 0 N–H and O–H groups in total. The highest BCUT2D eigenvalue weighted by molar-refractivity contribution is 6.18. The van der Waals surface area contributed by atoms with E-state index in [1.165, 1.54) is 5.56 Å². The summed E-state index contributed by atoms with van der Waals surface area (Å²) in [4.78, 5) is 24.6. The van der Waals surface area contributed by atoms with Crippen LogP contribution in [0.3, 0.4) is 0 Å². The quantitative estimate of drug-likeness (QED) is 0.160. The standard InChI is InChI=1S/C57H35N5O/c1-3-10-36(11-4-1)37-22-26-42(27-23-37)55-60-54(41-12-5-2-6-13-41)61-56(62-55)43-28-24-39(25-29-43)45-15-9-14-44(34-45)38-18-20-40(21-19-38)46-30-32-48-47(35-46)31-33-51-52(48)53-57(63-51)59-50-17-8-7-16-49(50)58-53/h1-35H. The minimum Gasteiger partial charge on any atom is -0.436 e. The highest BCUT2D eigenvalue weighted by Gasteiger charge is 2.16. The van der Waals surface area contributed by atoms with Crippen LogP contribution in [0.15, 0.2) is 217 Å². The van der Waals surface area contributed by atoms with Crippen molar-refractivity contribution in [2.45, 2.75) is 0 Å². The number of fused-ring (bicyclic) bond motifs is 6. The Hall–Kier alpha value is -8.61. The van der Waals surface area contributed by atoms with Crippen LogP contribution in [0.25, 0.3) is 123 Å². The third-order valence-electron chi connectivity index (χ3n) is 11.8. The van der Waals surface area contributed by atoms with E-state index in [2.05, 4.69) is 146 Å². The first-order chi connectivity index (χ1) is 31.2. The second-order valence-electron chi connectivity index (χ2n) is 15.7. The van der Waals surface area contributed by atoms with E-state index in [0.717, 1.165) is 93.9 Å². The van der Waals surface area contributed by atoms with Crippen LogP contribution in [-0.4, -0.2) is 24.9 Å².